The maximum absolute atomic E-state index is 12.0. The lowest BCUT2D eigenvalue weighted by Crippen LogP contribution is -2.21. The summed E-state index contributed by atoms with van der Waals surface area (Å²) in [5, 5.41) is 14.2. The number of anilines is 2. The van der Waals surface area contributed by atoms with Crippen molar-refractivity contribution >= 4 is 39.0 Å². The number of carbonyl (C=O) groups excluding carboxylic acids is 1. The number of carbonyl (C=O) groups is 1. The molecule has 0 saturated carbocycles. The molecule has 1 amide bonds. The van der Waals surface area contributed by atoms with Crippen LogP contribution in [0.2, 0.25) is 5.02 Å². The quantitative estimate of drug-likeness (QED) is 0.821. The van der Waals surface area contributed by atoms with Crippen LogP contribution in [-0.2, 0) is 21.1 Å². The molecule has 132 valence electrons. The SMILES string of the molecule is O=C(Cc1ccc(Cl)cc1)Nc1ccc(NC2CCS(=O)(=O)C2)nn1. The zero-order valence-electron chi connectivity index (χ0n) is 13.3. The van der Waals surface area contributed by atoms with Gasteiger partial charge < -0.3 is 10.6 Å². The number of halogens is 1. The molecule has 9 heteroatoms. The Morgan fingerprint density at radius 3 is 2.40 bits per heavy atom. The summed E-state index contributed by atoms with van der Waals surface area (Å²) in [6, 6.07) is 10.2. The minimum absolute atomic E-state index is 0.105. The van der Waals surface area contributed by atoms with E-state index in [1.54, 1.807) is 36.4 Å². The number of benzene rings is 1. The fourth-order valence-corrected chi connectivity index (χ4v) is 4.37. The van der Waals surface area contributed by atoms with E-state index in [1.807, 2.05) is 0 Å². The number of hydrogen-bond donors (Lipinski definition) is 2. The van der Waals surface area contributed by atoms with Crippen LogP contribution < -0.4 is 10.6 Å². The Hall–Kier alpha value is -2.19. The van der Waals surface area contributed by atoms with E-state index in [0.717, 1.165) is 5.56 Å². The van der Waals surface area contributed by atoms with Gasteiger partial charge in [0.15, 0.2) is 15.7 Å². The highest BCUT2D eigenvalue weighted by molar-refractivity contribution is 7.91. The van der Waals surface area contributed by atoms with Gasteiger partial charge in [-0.1, -0.05) is 23.7 Å². The third-order valence-corrected chi connectivity index (χ3v) is 5.81. The van der Waals surface area contributed by atoms with Crippen molar-refractivity contribution in [3.8, 4) is 0 Å². The van der Waals surface area contributed by atoms with Crippen molar-refractivity contribution in [3.63, 3.8) is 0 Å². The molecule has 2 aromatic rings. The standard InChI is InChI=1S/C16H17ClN4O3S/c17-12-3-1-11(2-4-12)9-16(22)19-15-6-5-14(20-21-15)18-13-7-8-25(23,24)10-13/h1-6,13H,7-10H2,(H,18,20)(H,19,21,22). The molecule has 3 rings (SSSR count). The summed E-state index contributed by atoms with van der Waals surface area (Å²) in [7, 11) is -2.95. The van der Waals surface area contributed by atoms with Gasteiger partial charge in [-0.3, -0.25) is 4.79 Å². The first kappa shape index (κ1) is 17.6. The predicted molar refractivity (Wildman–Crippen MR) is 96.5 cm³/mol. The summed E-state index contributed by atoms with van der Waals surface area (Å²) >= 11 is 5.81. The molecule has 1 unspecified atom stereocenters. The van der Waals surface area contributed by atoms with Gasteiger partial charge in [0.2, 0.25) is 5.91 Å². The lowest BCUT2D eigenvalue weighted by atomic mass is 10.1. The third kappa shape index (κ3) is 5.14. The Balaban J connectivity index is 1.53. The Kier molecular flexibility index (Phi) is 5.19. The number of hydrogen-bond acceptors (Lipinski definition) is 6. The number of sulfone groups is 1. The van der Waals surface area contributed by atoms with Crippen LogP contribution in [0.1, 0.15) is 12.0 Å². The highest BCUT2D eigenvalue weighted by Crippen LogP contribution is 2.16. The summed E-state index contributed by atoms with van der Waals surface area (Å²) in [6.07, 6.45) is 0.766. The zero-order valence-corrected chi connectivity index (χ0v) is 14.8. The highest BCUT2D eigenvalue weighted by Gasteiger charge is 2.27. The smallest absolute Gasteiger partial charge is 0.229 e. The molecular formula is C16H17ClN4O3S. The van der Waals surface area contributed by atoms with Crippen LogP contribution in [0.4, 0.5) is 11.6 Å². The highest BCUT2D eigenvalue weighted by atomic mass is 35.5. The monoisotopic (exact) mass is 380 g/mol. The van der Waals surface area contributed by atoms with E-state index in [-0.39, 0.29) is 29.9 Å². The van der Waals surface area contributed by atoms with Gasteiger partial charge in [-0.05, 0) is 36.2 Å². The lowest BCUT2D eigenvalue weighted by Gasteiger charge is -2.11. The van der Waals surface area contributed by atoms with Crippen LogP contribution in [0, 0.1) is 0 Å². The number of aromatic nitrogens is 2. The minimum atomic E-state index is -2.95. The molecule has 0 radical (unpaired) electrons. The summed E-state index contributed by atoms with van der Waals surface area (Å²) < 4.78 is 22.9. The molecule has 1 aliphatic heterocycles. The van der Waals surface area contributed by atoms with Gasteiger partial charge >= 0.3 is 0 Å². The largest absolute Gasteiger partial charge is 0.365 e. The molecule has 1 saturated heterocycles. The average molecular weight is 381 g/mol. The number of nitrogens with one attached hydrogen (secondary N) is 2. The fourth-order valence-electron chi connectivity index (χ4n) is 2.57. The first-order valence-corrected chi connectivity index (χ1v) is 9.94. The molecule has 2 N–H and O–H groups in total. The second-order valence-electron chi connectivity index (χ2n) is 5.90. The van der Waals surface area contributed by atoms with Gasteiger partial charge in [-0.25, -0.2) is 8.42 Å². The van der Waals surface area contributed by atoms with Crippen molar-refractivity contribution < 1.29 is 13.2 Å². The van der Waals surface area contributed by atoms with Crippen LogP contribution in [0.5, 0.6) is 0 Å². The van der Waals surface area contributed by atoms with Gasteiger partial charge in [0.25, 0.3) is 0 Å². The molecule has 2 heterocycles. The second kappa shape index (κ2) is 7.37. The molecule has 1 aromatic carbocycles. The molecule has 0 aliphatic carbocycles. The van der Waals surface area contributed by atoms with Crippen molar-refractivity contribution in [2.45, 2.75) is 18.9 Å². The number of nitrogens with zero attached hydrogens (tertiary/aromatic N) is 2. The molecule has 1 fully saturated rings. The van der Waals surface area contributed by atoms with E-state index >= 15 is 0 Å². The minimum Gasteiger partial charge on any atom is -0.365 e. The zero-order chi connectivity index (χ0) is 17.9. The summed E-state index contributed by atoms with van der Waals surface area (Å²) in [5.74, 6) is 0.908. The fraction of sp³-hybridized carbons (Fsp3) is 0.312. The number of rotatable bonds is 5. The molecule has 1 aliphatic rings. The maximum Gasteiger partial charge on any atom is 0.229 e. The van der Waals surface area contributed by atoms with Crippen molar-refractivity contribution in [1.82, 2.24) is 10.2 Å². The van der Waals surface area contributed by atoms with Gasteiger partial charge in [0.1, 0.15) is 5.82 Å². The van der Waals surface area contributed by atoms with Crippen LogP contribution in [0.3, 0.4) is 0 Å². The molecule has 1 aromatic heterocycles. The average Bonchev–Trinajstić information content (AvgIpc) is 2.90. The van der Waals surface area contributed by atoms with Crippen LogP contribution >= 0.6 is 11.6 Å². The van der Waals surface area contributed by atoms with E-state index in [1.165, 1.54) is 0 Å². The van der Waals surface area contributed by atoms with Gasteiger partial charge in [0.05, 0.1) is 17.9 Å². The first-order chi connectivity index (χ1) is 11.9. The molecule has 25 heavy (non-hydrogen) atoms. The molecule has 1 atom stereocenters. The van der Waals surface area contributed by atoms with Gasteiger partial charge in [-0.15, -0.1) is 10.2 Å². The van der Waals surface area contributed by atoms with Gasteiger partial charge in [0, 0.05) is 11.1 Å². The summed E-state index contributed by atoms with van der Waals surface area (Å²) in [6.45, 7) is 0. The summed E-state index contributed by atoms with van der Waals surface area (Å²) in [5.41, 5.74) is 0.843. The molecular weight excluding hydrogens is 364 g/mol. The van der Waals surface area contributed by atoms with E-state index in [2.05, 4.69) is 20.8 Å². The Morgan fingerprint density at radius 2 is 1.80 bits per heavy atom. The van der Waals surface area contributed by atoms with Crippen LogP contribution in [0.15, 0.2) is 36.4 Å². The van der Waals surface area contributed by atoms with E-state index in [4.69, 9.17) is 11.6 Å². The normalized spacial score (nSPS) is 18.7. The Labute approximate surface area is 150 Å². The molecule has 0 spiro atoms. The molecule has 7 nitrogen and oxygen atoms in total. The van der Waals surface area contributed by atoms with E-state index in [9.17, 15) is 13.2 Å². The summed E-state index contributed by atoms with van der Waals surface area (Å²) in [4.78, 5) is 12.0. The predicted octanol–water partition coefficient (Wildman–Crippen LogP) is 1.91. The Morgan fingerprint density at radius 1 is 1.12 bits per heavy atom. The van der Waals surface area contributed by atoms with Crippen LogP contribution in [-0.4, -0.2) is 42.1 Å². The first-order valence-electron chi connectivity index (χ1n) is 7.75. The van der Waals surface area contributed by atoms with Crippen molar-refractivity contribution in [3.05, 3.63) is 47.0 Å². The van der Waals surface area contributed by atoms with Crippen molar-refractivity contribution in [2.24, 2.45) is 0 Å². The van der Waals surface area contributed by atoms with Crippen molar-refractivity contribution in [2.75, 3.05) is 22.1 Å². The Bertz CT molecular complexity index is 854. The second-order valence-corrected chi connectivity index (χ2v) is 8.56. The molecule has 0 bridgehead atoms. The lowest BCUT2D eigenvalue weighted by molar-refractivity contribution is -0.115. The van der Waals surface area contributed by atoms with E-state index < -0.39 is 9.84 Å². The van der Waals surface area contributed by atoms with E-state index in [0.29, 0.717) is 23.1 Å². The van der Waals surface area contributed by atoms with Crippen LogP contribution in [0.25, 0.3) is 0 Å². The van der Waals surface area contributed by atoms with Crippen molar-refractivity contribution in [1.29, 1.82) is 0 Å². The van der Waals surface area contributed by atoms with Gasteiger partial charge in [-0.2, -0.15) is 0 Å². The number of amides is 1. The topological polar surface area (TPSA) is 101 Å². The third-order valence-electron chi connectivity index (χ3n) is 3.79. The maximum atomic E-state index is 12.0.